The van der Waals surface area contributed by atoms with Gasteiger partial charge in [-0.05, 0) is 38.5 Å². The predicted molar refractivity (Wildman–Crippen MR) is 161 cm³/mol. The topological polar surface area (TPSA) is 95.5 Å². The smallest absolute Gasteiger partial charge is 0.359 e. The zero-order valence-electron chi connectivity index (χ0n) is 26.1. The first-order chi connectivity index (χ1) is 18.4. The Morgan fingerprint density at radius 2 is 1.00 bits per heavy atom. The summed E-state index contributed by atoms with van der Waals surface area (Å²) in [4.78, 5) is 34.6. The minimum Gasteiger partial charge on any atom is -0.477 e. The summed E-state index contributed by atoms with van der Waals surface area (Å²) in [6.45, 7) is 3.32. The normalized spacial score (nSPS) is 12.1. The molecule has 0 aromatic heterocycles. The molecule has 0 spiro atoms. The number of nitrogens with zero attached hydrogens (tertiary/aromatic N) is 2. The summed E-state index contributed by atoms with van der Waals surface area (Å²) in [5.74, 6) is -0.487. The van der Waals surface area contributed by atoms with Gasteiger partial charge in [0.1, 0.15) is 0 Å². The molecular weight excluding hydrogens is 492 g/mol. The Morgan fingerprint density at radius 1 is 0.590 bits per heavy atom. The third-order valence-electron chi connectivity index (χ3n) is 6.87. The molecule has 0 fully saturated rings. The molecule has 0 saturated carbocycles. The number of amides is 2. The summed E-state index contributed by atoms with van der Waals surface area (Å²) in [6, 6.07) is 0. The van der Waals surface area contributed by atoms with Gasteiger partial charge in [0.05, 0.1) is 48.3 Å². The van der Waals surface area contributed by atoms with Crippen molar-refractivity contribution in [1.29, 1.82) is 0 Å². The van der Waals surface area contributed by atoms with Crippen LogP contribution >= 0.6 is 0 Å². The van der Waals surface area contributed by atoms with Crippen LogP contribution < -0.4 is 10.6 Å². The van der Waals surface area contributed by atoms with Crippen LogP contribution in [0.3, 0.4) is 0 Å². The Labute approximate surface area is 239 Å². The van der Waals surface area contributed by atoms with Crippen LogP contribution in [-0.4, -0.2) is 99.8 Å². The lowest BCUT2D eigenvalue weighted by Gasteiger charge is -2.27. The van der Waals surface area contributed by atoms with E-state index in [1.165, 1.54) is 38.5 Å². The van der Waals surface area contributed by atoms with Crippen molar-refractivity contribution >= 4 is 17.8 Å². The minimum atomic E-state index is -0.793. The zero-order valence-corrected chi connectivity index (χ0v) is 26.1. The highest BCUT2D eigenvalue weighted by Gasteiger charge is 2.18. The Bertz CT molecular complexity index is 687. The second-order valence-electron chi connectivity index (χ2n) is 12.7. The fourth-order valence-electron chi connectivity index (χ4n) is 4.53. The summed E-state index contributed by atoms with van der Waals surface area (Å²) >= 11 is 0. The van der Waals surface area contributed by atoms with Gasteiger partial charge in [0.2, 0.25) is 11.8 Å². The predicted octanol–water partition coefficient (Wildman–Crippen LogP) is 4.88. The lowest BCUT2D eigenvalue weighted by atomic mass is 10.1. The molecule has 2 amide bonds. The van der Waals surface area contributed by atoms with Gasteiger partial charge in [-0.2, -0.15) is 0 Å². The number of carboxylic acid groups (broad SMARTS) is 1. The number of carbonyl (C=O) groups is 3. The number of hydrogen-bond acceptors (Lipinski definition) is 3. The monoisotopic (exact) mass is 554 g/mol. The second kappa shape index (κ2) is 22.8. The maximum Gasteiger partial charge on any atom is 0.359 e. The van der Waals surface area contributed by atoms with Crippen LogP contribution in [0.15, 0.2) is 12.2 Å². The summed E-state index contributed by atoms with van der Waals surface area (Å²) in [7, 11) is 10.3. The van der Waals surface area contributed by atoms with E-state index in [-0.39, 0.29) is 18.4 Å². The quantitative estimate of drug-likeness (QED) is 0.0807. The van der Waals surface area contributed by atoms with Gasteiger partial charge in [-0.3, -0.25) is 9.59 Å². The van der Waals surface area contributed by atoms with Crippen molar-refractivity contribution < 1.29 is 28.5 Å². The number of unbranched alkanes of at least 4 members (excludes halogenated alkanes) is 10. The second-order valence-corrected chi connectivity index (χ2v) is 12.7. The molecule has 0 aliphatic rings. The first-order valence-electron chi connectivity index (χ1n) is 15.4. The van der Waals surface area contributed by atoms with Gasteiger partial charge >= 0.3 is 5.97 Å². The summed E-state index contributed by atoms with van der Waals surface area (Å²) in [6.07, 6.45) is 21.4. The van der Waals surface area contributed by atoms with Crippen LogP contribution in [-0.2, 0) is 14.4 Å². The number of allylic oxidation sites excluding steroid dienone is 2. The number of hydrogen-bond donors (Lipinski definition) is 3. The van der Waals surface area contributed by atoms with E-state index in [2.05, 4.69) is 43.9 Å². The van der Waals surface area contributed by atoms with E-state index in [1.807, 2.05) is 14.1 Å². The van der Waals surface area contributed by atoms with Gasteiger partial charge < -0.3 is 24.7 Å². The molecule has 0 heterocycles. The SMILES string of the molecule is C[N+](C)(C)CCCNC(=O)CCCCCCCC=CCCCCCCCC(=O)NCCC[N+](C)(C)CC(=O)O. The van der Waals surface area contributed by atoms with Gasteiger partial charge in [-0.15, -0.1) is 0 Å². The van der Waals surface area contributed by atoms with Gasteiger partial charge in [0, 0.05) is 38.8 Å². The Balaban J connectivity index is 3.41. The first kappa shape index (κ1) is 37.1. The van der Waals surface area contributed by atoms with E-state index in [9.17, 15) is 14.4 Å². The number of likely N-dealkylation sites (N-methyl/N-ethyl adjacent to an activating group) is 1. The molecular formula is C31H62N4O4+2. The molecule has 0 aliphatic carbocycles. The van der Waals surface area contributed by atoms with E-state index in [0.29, 0.717) is 23.9 Å². The summed E-state index contributed by atoms with van der Waals surface area (Å²) in [5, 5.41) is 14.9. The molecule has 0 aromatic carbocycles. The van der Waals surface area contributed by atoms with Gasteiger partial charge in [-0.1, -0.05) is 50.7 Å². The van der Waals surface area contributed by atoms with Crippen molar-refractivity contribution in [3.05, 3.63) is 12.2 Å². The molecule has 0 bridgehead atoms. The number of quaternary nitrogens is 2. The van der Waals surface area contributed by atoms with E-state index in [4.69, 9.17) is 5.11 Å². The lowest BCUT2D eigenvalue weighted by Crippen LogP contribution is -2.45. The van der Waals surface area contributed by atoms with Crippen molar-refractivity contribution in [2.75, 3.05) is 68.0 Å². The fraction of sp³-hybridized carbons (Fsp3) is 0.839. The van der Waals surface area contributed by atoms with Crippen LogP contribution in [0.1, 0.15) is 103 Å². The van der Waals surface area contributed by atoms with Gasteiger partial charge in [-0.25, -0.2) is 4.79 Å². The molecule has 39 heavy (non-hydrogen) atoms. The fourth-order valence-corrected chi connectivity index (χ4v) is 4.53. The average molecular weight is 555 g/mol. The van der Waals surface area contributed by atoms with Crippen LogP contribution in [0, 0.1) is 0 Å². The van der Waals surface area contributed by atoms with Gasteiger partial charge in [0.25, 0.3) is 0 Å². The lowest BCUT2D eigenvalue weighted by molar-refractivity contribution is -0.883. The number of carboxylic acids is 1. The standard InChI is InChI=1S/C31H60N4O4/c1-34(2,3)26-20-24-32-29(36)22-18-16-14-12-10-8-6-7-9-11-13-15-17-19-23-30(37)33-25-21-27-35(4,5)28-31(38)39/h6-7H,8-28H2,1-5H3,(H-2,32,33,36,37,38,39)/p+2. The molecule has 0 radical (unpaired) electrons. The molecule has 0 unspecified atom stereocenters. The van der Waals surface area contributed by atoms with Crippen LogP contribution in [0.5, 0.6) is 0 Å². The van der Waals surface area contributed by atoms with Crippen molar-refractivity contribution in [2.24, 2.45) is 0 Å². The number of rotatable bonds is 26. The Hall–Kier alpha value is -1.93. The minimum absolute atomic E-state index is 0.102. The Kier molecular flexibility index (Phi) is 21.7. The first-order valence-corrected chi connectivity index (χ1v) is 15.4. The summed E-state index contributed by atoms with van der Waals surface area (Å²) < 4.78 is 1.37. The van der Waals surface area contributed by atoms with Crippen LogP contribution in [0.2, 0.25) is 0 Å². The molecule has 3 N–H and O–H groups in total. The maximum absolute atomic E-state index is 11.9. The molecule has 0 rings (SSSR count). The maximum atomic E-state index is 11.9. The van der Waals surface area contributed by atoms with Crippen LogP contribution in [0.25, 0.3) is 0 Å². The zero-order chi connectivity index (χ0) is 29.4. The average Bonchev–Trinajstić information content (AvgIpc) is 2.83. The van der Waals surface area contributed by atoms with Crippen molar-refractivity contribution in [2.45, 2.75) is 103 Å². The molecule has 0 aliphatic heterocycles. The molecule has 0 atom stereocenters. The number of nitrogens with one attached hydrogen (secondary N) is 2. The molecule has 228 valence electrons. The molecule has 8 nitrogen and oxygen atoms in total. The highest BCUT2D eigenvalue weighted by atomic mass is 16.4. The largest absolute Gasteiger partial charge is 0.477 e. The van der Waals surface area contributed by atoms with E-state index in [0.717, 1.165) is 75.5 Å². The van der Waals surface area contributed by atoms with E-state index < -0.39 is 5.97 Å². The molecule has 8 heteroatoms. The highest BCUT2D eigenvalue weighted by Crippen LogP contribution is 2.10. The molecule has 0 saturated heterocycles. The number of aliphatic carboxylic acids is 1. The molecule has 0 aromatic rings. The highest BCUT2D eigenvalue weighted by molar-refractivity contribution is 5.76. The third kappa shape index (κ3) is 28.9. The Morgan fingerprint density at radius 3 is 1.44 bits per heavy atom. The van der Waals surface area contributed by atoms with Crippen LogP contribution in [0.4, 0.5) is 0 Å². The van der Waals surface area contributed by atoms with Gasteiger partial charge in [0.15, 0.2) is 6.54 Å². The third-order valence-corrected chi connectivity index (χ3v) is 6.87. The van der Waals surface area contributed by atoms with E-state index >= 15 is 0 Å². The van der Waals surface area contributed by atoms with Crippen molar-refractivity contribution in [3.8, 4) is 0 Å². The van der Waals surface area contributed by atoms with E-state index in [1.54, 1.807) is 0 Å². The van der Waals surface area contributed by atoms with Crippen molar-refractivity contribution in [1.82, 2.24) is 10.6 Å². The van der Waals surface area contributed by atoms with Crippen molar-refractivity contribution in [3.63, 3.8) is 0 Å². The number of carbonyl (C=O) groups excluding carboxylic acids is 2. The summed E-state index contributed by atoms with van der Waals surface area (Å²) in [5.41, 5.74) is 0.